The van der Waals surface area contributed by atoms with Crippen molar-refractivity contribution in [2.75, 3.05) is 11.4 Å². The summed E-state index contributed by atoms with van der Waals surface area (Å²) in [6, 6.07) is 6.12. The molecule has 0 saturated carbocycles. The van der Waals surface area contributed by atoms with Crippen molar-refractivity contribution in [2.45, 2.75) is 45.6 Å². The molecule has 1 aliphatic heterocycles. The van der Waals surface area contributed by atoms with E-state index in [9.17, 15) is 4.79 Å². The van der Waals surface area contributed by atoms with Gasteiger partial charge in [0, 0.05) is 18.3 Å². The molecule has 3 nitrogen and oxygen atoms in total. The van der Waals surface area contributed by atoms with Gasteiger partial charge in [0.1, 0.15) is 0 Å². The second kappa shape index (κ2) is 5.42. The van der Waals surface area contributed by atoms with E-state index in [0.29, 0.717) is 11.6 Å². The first kappa shape index (κ1) is 12.9. The highest BCUT2D eigenvalue weighted by Gasteiger charge is 2.22. The molecule has 0 atom stereocenters. The number of benzene rings is 1. The summed E-state index contributed by atoms with van der Waals surface area (Å²) >= 11 is 0. The van der Waals surface area contributed by atoms with E-state index in [2.05, 4.69) is 18.7 Å². The summed E-state index contributed by atoms with van der Waals surface area (Å²) in [5.41, 5.74) is 2.83. The van der Waals surface area contributed by atoms with Gasteiger partial charge in [-0.3, -0.25) is 0 Å². The third kappa shape index (κ3) is 2.35. The number of hydrogen-bond acceptors (Lipinski definition) is 2. The van der Waals surface area contributed by atoms with E-state index in [1.807, 2.05) is 12.1 Å². The Kier molecular flexibility index (Phi) is 3.90. The molecule has 0 bridgehead atoms. The molecule has 0 fully saturated rings. The minimum Gasteiger partial charge on any atom is -0.478 e. The summed E-state index contributed by atoms with van der Waals surface area (Å²) in [5, 5.41) is 9.04. The number of carboxylic acids is 1. The number of aryl methyl sites for hydroxylation is 1. The lowest BCUT2D eigenvalue weighted by Gasteiger charge is -2.37. The Hall–Kier alpha value is -1.51. The Labute approximate surface area is 108 Å². The fourth-order valence-electron chi connectivity index (χ4n) is 2.87. The molecule has 1 heterocycles. The van der Waals surface area contributed by atoms with E-state index in [0.717, 1.165) is 32.2 Å². The zero-order valence-electron chi connectivity index (χ0n) is 11.1. The third-order valence-electron chi connectivity index (χ3n) is 3.86. The normalized spacial score (nSPS) is 14.7. The predicted molar refractivity (Wildman–Crippen MR) is 73.4 cm³/mol. The van der Waals surface area contributed by atoms with Crippen molar-refractivity contribution in [1.82, 2.24) is 0 Å². The average molecular weight is 247 g/mol. The molecule has 1 aromatic rings. The lowest BCUT2D eigenvalue weighted by molar-refractivity contribution is 0.0697. The molecule has 0 aromatic heterocycles. The highest BCUT2D eigenvalue weighted by molar-refractivity contribution is 5.88. The van der Waals surface area contributed by atoms with Crippen molar-refractivity contribution in [2.24, 2.45) is 0 Å². The van der Waals surface area contributed by atoms with Gasteiger partial charge in [-0.05, 0) is 49.4 Å². The number of carboxylic acid groups (broad SMARTS) is 1. The van der Waals surface area contributed by atoms with E-state index >= 15 is 0 Å². The molecule has 2 rings (SSSR count). The quantitative estimate of drug-likeness (QED) is 0.887. The summed E-state index contributed by atoms with van der Waals surface area (Å²) in [5.74, 6) is -0.836. The number of aromatic carboxylic acids is 1. The standard InChI is InChI=1S/C15H21NO2/c1-3-13(4-2)16-9-5-6-11-10-12(15(17)18)7-8-14(11)16/h7-8,10,13H,3-6,9H2,1-2H3,(H,17,18). The first-order valence-electron chi connectivity index (χ1n) is 6.80. The van der Waals surface area contributed by atoms with Crippen molar-refractivity contribution in [1.29, 1.82) is 0 Å². The monoisotopic (exact) mass is 247 g/mol. The number of nitrogens with zero attached hydrogens (tertiary/aromatic N) is 1. The Morgan fingerprint density at radius 1 is 1.39 bits per heavy atom. The molecular formula is C15H21NO2. The fourth-order valence-corrected chi connectivity index (χ4v) is 2.87. The lowest BCUT2D eigenvalue weighted by Crippen LogP contribution is -2.38. The van der Waals surface area contributed by atoms with Crippen LogP contribution in [0.25, 0.3) is 0 Å². The number of hydrogen-bond donors (Lipinski definition) is 1. The molecule has 1 N–H and O–H groups in total. The van der Waals surface area contributed by atoms with Gasteiger partial charge in [-0.2, -0.15) is 0 Å². The predicted octanol–water partition coefficient (Wildman–Crippen LogP) is 3.33. The second-order valence-electron chi connectivity index (χ2n) is 4.92. The molecule has 0 radical (unpaired) electrons. The van der Waals surface area contributed by atoms with Crippen LogP contribution in [0.3, 0.4) is 0 Å². The lowest BCUT2D eigenvalue weighted by atomic mass is 9.96. The Bertz CT molecular complexity index is 438. The molecular weight excluding hydrogens is 226 g/mol. The van der Waals surface area contributed by atoms with Crippen molar-refractivity contribution in [3.63, 3.8) is 0 Å². The van der Waals surface area contributed by atoms with Crippen molar-refractivity contribution >= 4 is 11.7 Å². The van der Waals surface area contributed by atoms with Crippen LogP contribution in [0, 0.1) is 0 Å². The molecule has 0 spiro atoms. The molecule has 0 amide bonds. The van der Waals surface area contributed by atoms with Crippen LogP contribution in [-0.2, 0) is 6.42 Å². The smallest absolute Gasteiger partial charge is 0.335 e. The van der Waals surface area contributed by atoms with Crippen LogP contribution in [0.2, 0.25) is 0 Å². The third-order valence-corrected chi connectivity index (χ3v) is 3.86. The van der Waals surface area contributed by atoms with Gasteiger partial charge in [-0.25, -0.2) is 4.79 Å². The minimum atomic E-state index is -0.836. The summed E-state index contributed by atoms with van der Waals surface area (Å²) in [4.78, 5) is 13.4. The number of anilines is 1. The number of rotatable bonds is 4. The van der Waals surface area contributed by atoms with Gasteiger partial charge < -0.3 is 10.0 Å². The first-order chi connectivity index (χ1) is 8.67. The summed E-state index contributed by atoms with van der Waals surface area (Å²) in [6.45, 7) is 5.52. The van der Waals surface area contributed by atoms with Crippen LogP contribution in [0.15, 0.2) is 18.2 Å². The molecule has 1 aromatic carbocycles. The molecule has 1 aliphatic rings. The topological polar surface area (TPSA) is 40.5 Å². The van der Waals surface area contributed by atoms with Crippen LogP contribution in [-0.4, -0.2) is 23.7 Å². The maximum atomic E-state index is 11.0. The SMILES string of the molecule is CCC(CC)N1CCCc2cc(C(=O)O)ccc21. The van der Waals surface area contributed by atoms with E-state index in [-0.39, 0.29) is 0 Å². The van der Waals surface area contributed by atoms with Gasteiger partial charge in [0.25, 0.3) is 0 Å². The van der Waals surface area contributed by atoms with Gasteiger partial charge >= 0.3 is 5.97 Å². The van der Waals surface area contributed by atoms with E-state index < -0.39 is 5.97 Å². The van der Waals surface area contributed by atoms with Gasteiger partial charge in [-0.1, -0.05) is 13.8 Å². The summed E-state index contributed by atoms with van der Waals surface area (Å²) < 4.78 is 0. The van der Waals surface area contributed by atoms with Crippen LogP contribution < -0.4 is 4.90 Å². The fraction of sp³-hybridized carbons (Fsp3) is 0.533. The summed E-state index contributed by atoms with van der Waals surface area (Å²) in [7, 11) is 0. The van der Waals surface area contributed by atoms with E-state index in [1.165, 1.54) is 11.3 Å². The van der Waals surface area contributed by atoms with Gasteiger partial charge in [0.2, 0.25) is 0 Å². The average Bonchev–Trinajstić information content (AvgIpc) is 2.39. The zero-order chi connectivity index (χ0) is 13.1. The van der Waals surface area contributed by atoms with Crippen LogP contribution in [0.4, 0.5) is 5.69 Å². The van der Waals surface area contributed by atoms with Crippen molar-refractivity contribution in [3.8, 4) is 0 Å². The van der Waals surface area contributed by atoms with Crippen molar-refractivity contribution in [3.05, 3.63) is 29.3 Å². The highest BCUT2D eigenvalue weighted by Crippen LogP contribution is 2.31. The largest absolute Gasteiger partial charge is 0.478 e. The van der Waals surface area contributed by atoms with E-state index in [1.54, 1.807) is 6.07 Å². The van der Waals surface area contributed by atoms with Gasteiger partial charge in [-0.15, -0.1) is 0 Å². The second-order valence-corrected chi connectivity index (χ2v) is 4.92. The molecule has 18 heavy (non-hydrogen) atoms. The molecule has 0 unspecified atom stereocenters. The first-order valence-corrected chi connectivity index (χ1v) is 6.80. The van der Waals surface area contributed by atoms with Crippen molar-refractivity contribution < 1.29 is 9.90 Å². The highest BCUT2D eigenvalue weighted by atomic mass is 16.4. The van der Waals surface area contributed by atoms with Crippen LogP contribution in [0.5, 0.6) is 0 Å². The minimum absolute atomic E-state index is 0.403. The molecule has 3 heteroatoms. The maximum absolute atomic E-state index is 11.0. The van der Waals surface area contributed by atoms with Crippen LogP contribution in [0.1, 0.15) is 49.0 Å². The zero-order valence-corrected chi connectivity index (χ0v) is 11.1. The maximum Gasteiger partial charge on any atom is 0.335 e. The number of carbonyl (C=O) groups is 1. The Morgan fingerprint density at radius 3 is 2.72 bits per heavy atom. The molecule has 0 saturated heterocycles. The summed E-state index contributed by atoms with van der Waals surface area (Å²) in [6.07, 6.45) is 4.38. The van der Waals surface area contributed by atoms with Crippen LogP contribution >= 0.6 is 0 Å². The Balaban J connectivity index is 2.35. The van der Waals surface area contributed by atoms with Gasteiger partial charge in [0.05, 0.1) is 5.56 Å². The number of fused-ring (bicyclic) bond motifs is 1. The van der Waals surface area contributed by atoms with Gasteiger partial charge in [0.15, 0.2) is 0 Å². The molecule has 0 aliphatic carbocycles. The molecule has 98 valence electrons. The Morgan fingerprint density at radius 2 is 2.11 bits per heavy atom. The van der Waals surface area contributed by atoms with E-state index in [4.69, 9.17) is 5.11 Å².